The first-order valence-electron chi connectivity index (χ1n) is 3.60. The Kier molecular flexibility index (Phi) is 3.50. The molecule has 3 heteroatoms. The second kappa shape index (κ2) is 4.43. The van der Waals surface area contributed by atoms with E-state index in [9.17, 15) is 0 Å². The minimum absolute atomic E-state index is 0.193. The maximum atomic E-state index is 8.73. The molecule has 1 aromatic rings. The Morgan fingerprint density at radius 1 is 1.42 bits per heavy atom. The summed E-state index contributed by atoms with van der Waals surface area (Å²) in [7, 11) is 1.78. The van der Waals surface area contributed by atoms with Crippen LogP contribution in [0.2, 0.25) is 0 Å². The van der Waals surface area contributed by atoms with Gasteiger partial charge in [0.1, 0.15) is 6.04 Å². The van der Waals surface area contributed by atoms with Crippen molar-refractivity contribution in [1.82, 2.24) is 5.32 Å². The van der Waals surface area contributed by atoms with Crippen LogP contribution in [0, 0.1) is 14.9 Å². The molecule has 0 heterocycles. The topological polar surface area (TPSA) is 35.8 Å². The molecule has 1 unspecified atom stereocenters. The minimum atomic E-state index is -0.193. The Balaban J connectivity index is 2.89. The molecule has 62 valence electrons. The van der Waals surface area contributed by atoms with Gasteiger partial charge in [0.15, 0.2) is 0 Å². The lowest BCUT2D eigenvalue weighted by Gasteiger charge is -2.06. The summed E-state index contributed by atoms with van der Waals surface area (Å²) in [4.78, 5) is 0. The number of nitriles is 1. The third-order valence-electron chi connectivity index (χ3n) is 1.62. The molecule has 0 aromatic heterocycles. The number of nitrogens with one attached hydrogen (secondary N) is 1. The van der Waals surface area contributed by atoms with Gasteiger partial charge in [0.05, 0.1) is 6.07 Å². The maximum Gasteiger partial charge on any atom is 0.121 e. The predicted molar refractivity (Wildman–Crippen MR) is 56.6 cm³/mol. The number of hydrogen-bond acceptors (Lipinski definition) is 2. The van der Waals surface area contributed by atoms with Crippen molar-refractivity contribution < 1.29 is 0 Å². The zero-order chi connectivity index (χ0) is 8.97. The molecular formula is C9H9IN2. The fraction of sp³-hybridized carbons (Fsp3) is 0.222. The number of halogens is 1. The second-order valence-corrected chi connectivity index (χ2v) is 3.65. The van der Waals surface area contributed by atoms with E-state index in [4.69, 9.17) is 5.26 Å². The third kappa shape index (κ3) is 2.19. The second-order valence-electron chi connectivity index (χ2n) is 2.40. The van der Waals surface area contributed by atoms with Gasteiger partial charge >= 0.3 is 0 Å². The number of benzene rings is 1. The maximum absolute atomic E-state index is 8.73. The predicted octanol–water partition coefficient (Wildman–Crippen LogP) is 2.08. The summed E-state index contributed by atoms with van der Waals surface area (Å²) >= 11 is 2.24. The highest BCUT2D eigenvalue weighted by Gasteiger charge is 2.05. The molecule has 0 amide bonds. The van der Waals surface area contributed by atoms with Gasteiger partial charge in [-0.3, -0.25) is 0 Å². The number of rotatable bonds is 2. The van der Waals surface area contributed by atoms with Crippen molar-refractivity contribution in [2.24, 2.45) is 0 Å². The van der Waals surface area contributed by atoms with Gasteiger partial charge in [-0.1, -0.05) is 12.1 Å². The first kappa shape index (κ1) is 9.49. The van der Waals surface area contributed by atoms with Gasteiger partial charge in [-0.05, 0) is 47.3 Å². The van der Waals surface area contributed by atoms with Crippen LogP contribution in [0.1, 0.15) is 11.6 Å². The molecule has 0 saturated heterocycles. The van der Waals surface area contributed by atoms with Crippen LogP contribution in [0.4, 0.5) is 0 Å². The largest absolute Gasteiger partial charge is 0.301 e. The van der Waals surface area contributed by atoms with Crippen molar-refractivity contribution in [3.05, 3.63) is 33.4 Å². The summed E-state index contributed by atoms with van der Waals surface area (Å²) in [5, 5.41) is 11.7. The first-order valence-corrected chi connectivity index (χ1v) is 4.68. The zero-order valence-electron chi connectivity index (χ0n) is 6.71. The van der Waals surface area contributed by atoms with Crippen LogP contribution in [0.3, 0.4) is 0 Å². The van der Waals surface area contributed by atoms with Gasteiger partial charge < -0.3 is 5.32 Å². The summed E-state index contributed by atoms with van der Waals surface area (Å²) in [6.45, 7) is 0. The molecule has 1 aromatic carbocycles. The van der Waals surface area contributed by atoms with Crippen LogP contribution in [-0.2, 0) is 0 Å². The van der Waals surface area contributed by atoms with Crippen LogP contribution >= 0.6 is 22.6 Å². The molecule has 0 aliphatic heterocycles. The monoisotopic (exact) mass is 272 g/mol. The van der Waals surface area contributed by atoms with Gasteiger partial charge in [0, 0.05) is 3.57 Å². The highest BCUT2D eigenvalue weighted by molar-refractivity contribution is 14.1. The minimum Gasteiger partial charge on any atom is -0.301 e. The van der Waals surface area contributed by atoms with Crippen LogP contribution in [-0.4, -0.2) is 7.05 Å². The fourth-order valence-corrected chi connectivity index (χ4v) is 1.32. The lowest BCUT2D eigenvalue weighted by Crippen LogP contribution is -2.13. The molecule has 12 heavy (non-hydrogen) atoms. The SMILES string of the molecule is CNC(C#N)c1ccc(I)cc1. The van der Waals surface area contributed by atoms with E-state index < -0.39 is 0 Å². The molecule has 0 saturated carbocycles. The van der Waals surface area contributed by atoms with Gasteiger partial charge in [-0.15, -0.1) is 0 Å². The van der Waals surface area contributed by atoms with Crippen molar-refractivity contribution in [3.63, 3.8) is 0 Å². The van der Waals surface area contributed by atoms with Gasteiger partial charge in [-0.25, -0.2) is 0 Å². The van der Waals surface area contributed by atoms with E-state index in [1.165, 1.54) is 3.57 Å². The Labute approximate surface area is 85.7 Å². The summed E-state index contributed by atoms with van der Waals surface area (Å²) < 4.78 is 1.18. The molecule has 0 aliphatic carbocycles. The van der Waals surface area contributed by atoms with Crippen molar-refractivity contribution in [2.45, 2.75) is 6.04 Å². The Morgan fingerprint density at radius 3 is 2.42 bits per heavy atom. The summed E-state index contributed by atoms with van der Waals surface area (Å²) in [6.07, 6.45) is 0. The average Bonchev–Trinajstić information content (AvgIpc) is 2.10. The quantitative estimate of drug-likeness (QED) is 0.837. The summed E-state index contributed by atoms with van der Waals surface area (Å²) in [5.41, 5.74) is 1.01. The van der Waals surface area contributed by atoms with E-state index in [2.05, 4.69) is 34.0 Å². The normalized spacial score (nSPS) is 12.1. The lowest BCUT2D eigenvalue weighted by molar-refractivity contribution is 0.727. The average molecular weight is 272 g/mol. The van der Waals surface area contributed by atoms with Crippen molar-refractivity contribution in [2.75, 3.05) is 7.05 Å². The first-order chi connectivity index (χ1) is 5.77. The summed E-state index contributed by atoms with van der Waals surface area (Å²) in [6, 6.07) is 9.91. The van der Waals surface area contributed by atoms with Crippen LogP contribution in [0.5, 0.6) is 0 Å². The van der Waals surface area contributed by atoms with E-state index in [1.807, 2.05) is 24.3 Å². The Bertz CT molecular complexity index is 286. The molecular weight excluding hydrogens is 263 g/mol. The smallest absolute Gasteiger partial charge is 0.121 e. The molecule has 0 radical (unpaired) electrons. The van der Waals surface area contributed by atoms with E-state index >= 15 is 0 Å². The zero-order valence-corrected chi connectivity index (χ0v) is 8.87. The van der Waals surface area contributed by atoms with E-state index in [0.29, 0.717) is 0 Å². The fourth-order valence-electron chi connectivity index (χ4n) is 0.961. The molecule has 1 atom stereocenters. The molecule has 0 spiro atoms. The standard InChI is InChI=1S/C9H9IN2/c1-12-9(6-11)7-2-4-8(10)5-3-7/h2-5,9,12H,1H3. The molecule has 0 bridgehead atoms. The van der Waals surface area contributed by atoms with Crippen molar-refractivity contribution >= 4 is 22.6 Å². The Hall–Kier alpha value is -0.600. The van der Waals surface area contributed by atoms with Crippen LogP contribution < -0.4 is 5.32 Å². The Morgan fingerprint density at radius 2 is 2.00 bits per heavy atom. The number of nitrogens with zero attached hydrogens (tertiary/aromatic N) is 1. The van der Waals surface area contributed by atoms with Gasteiger partial charge in [-0.2, -0.15) is 5.26 Å². The van der Waals surface area contributed by atoms with Crippen LogP contribution in [0.25, 0.3) is 0 Å². The third-order valence-corrected chi connectivity index (χ3v) is 2.34. The lowest BCUT2D eigenvalue weighted by atomic mass is 10.1. The van der Waals surface area contributed by atoms with Crippen LogP contribution in [0.15, 0.2) is 24.3 Å². The molecule has 0 fully saturated rings. The van der Waals surface area contributed by atoms with Crippen molar-refractivity contribution in [1.29, 1.82) is 5.26 Å². The highest BCUT2D eigenvalue weighted by atomic mass is 127. The van der Waals surface area contributed by atoms with Crippen molar-refractivity contribution in [3.8, 4) is 6.07 Å². The molecule has 1 N–H and O–H groups in total. The summed E-state index contributed by atoms with van der Waals surface area (Å²) in [5.74, 6) is 0. The van der Waals surface area contributed by atoms with E-state index in [-0.39, 0.29) is 6.04 Å². The highest BCUT2D eigenvalue weighted by Crippen LogP contribution is 2.13. The number of hydrogen-bond donors (Lipinski definition) is 1. The van der Waals surface area contributed by atoms with Gasteiger partial charge in [0.25, 0.3) is 0 Å². The molecule has 1 rings (SSSR count). The van der Waals surface area contributed by atoms with Gasteiger partial charge in [0.2, 0.25) is 0 Å². The molecule has 2 nitrogen and oxygen atoms in total. The van der Waals surface area contributed by atoms with E-state index in [1.54, 1.807) is 7.05 Å². The molecule has 0 aliphatic rings. The van der Waals surface area contributed by atoms with E-state index in [0.717, 1.165) is 5.56 Å².